The van der Waals surface area contributed by atoms with E-state index in [1.165, 1.54) is 11.1 Å². The summed E-state index contributed by atoms with van der Waals surface area (Å²) in [6.07, 6.45) is 4.33. The fourth-order valence-electron chi connectivity index (χ4n) is 3.58. The highest BCUT2D eigenvalue weighted by Crippen LogP contribution is 2.32. The van der Waals surface area contributed by atoms with Gasteiger partial charge in [-0.05, 0) is 37.5 Å². The average molecular weight is 414 g/mol. The molecule has 0 unspecified atom stereocenters. The smallest absolute Gasteiger partial charge is 0.296 e. The lowest BCUT2D eigenvalue weighted by atomic mass is 10.1. The second-order valence-corrected chi connectivity index (χ2v) is 8.49. The molecule has 7 nitrogen and oxygen atoms in total. The predicted octanol–water partition coefficient (Wildman–Crippen LogP) is 3.02. The molecule has 8 heteroatoms. The first-order valence-corrected chi connectivity index (χ1v) is 10.8. The minimum Gasteiger partial charge on any atom is -0.379 e. The molecule has 29 heavy (non-hydrogen) atoms. The largest absolute Gasteiger partial charge is 0.379 e. The van der Waals surface area contributed by atoms with E-state index in [4.69, 9.17) is 9.72 Å². The van der Waals surface area contributed by atoms with E-state index in [1.807, 2.05) is 7.05 Å². The summed E-state index contributed by atoms with van der Waals surface area (Å²) >= 11 is 1.57. The van der Waals surface area contributed by atoms with Gasteiger partial charge in [0.05, 0.1) is 23.4 Å². The Kier molecular flexibility index (Phi) is 5.94. The molecule has 0 saturated carbocycles. The Morgan fingerprint density at radius 1 is 1.28 bits per heavy atom. The fraction of sp³-hybridized carbons (Fsp3) is 0.476. The molecule has 2 aromatic heterocycles. The maximum atomic E-state index is 13.3. The zero-order valence-electron chi connectivity index (χ0n) is 17.2. The summed E-state index contributed by atoms with van der Waals surface area (Å²) in [4.78, 5) is 26.6. The highest BCUT2D eigenvalue weighted by atomic mass is 32.1. The van der Waals surface area contributed by atoms with Crippen molar-refractivity contribution in [3.05, 3.63) is 41.5 Å². The van der Waals surface area contributed by atoms with Gasteiger partial charge in [0.1, 0.15) is 0 Å². The van der Waals surface area contributed by atoms with Crippen LogP contribution in [-0.2, 0) is 11.8 Å². The van der Waals surface area contributed by atoms with E-state index in [0.717, 1.165) is 54.6 Å². The molecule has 3 aromatic rings. The third-order valence-corrected chi connectivity index (χ3v) is 6.57. The molecular weight excluding hydrogens is 386 g/mol. The van der Waals surface area contributed by atoms with Crippen LogP contribution < -0.4 is 4.90 Å². The van der Waals surface area contributed by atoms with Gasteiger partial charge in [-0.1, -0.05) is 17.4 Å². The summed E-state index contributed by atoms with van der Waals surface area (Å²) in [7, 11) is 1.85. The number of rotatable bonds is 6. The van der Waals surface area contributed by atoms with Crippen LogP contribution in [-0.4, -0.2) is 64.7 Å². The molecule has 0 spiro atoms. The molecule has 3 heterocycles. The molecule has 0 aliphatic carbocycles. The van der Waals surface area contributed by atoms with E-state index in [1.54, 1.807) is 33.2 Å². The highest BCUT2D eigenvalue weighted by Gasteiger charge is 2.25. The second-order valence-electron chi connectivity index (χ2n) is 7.48. The molecule has 0 bridgehead atoms. The number of nitrogens with zero attached hydrogens (tertiary/aromatic N) is 5. The quantitative estimate of drug-likeness (QED) is 0.622. The lowest BCUT2D eigenvalue weighted by Gasteiger charge is -2.27. The van der Waals surface area contributed by atoms with Gasteiger partial charge in [-0.15, -0.1) is 0 Å². The maximum Gasteiger partial charge on any atom is 0.296 e. The van der Waals surface area contributed by atoms with Crippen LogP contribution in [0.3, 0.4) is 0 Å². The van der Waals surface area contributed by atoms with Crippen LogP contribution >= 0.6 is 11.3 Å². The molecule has 154 valence electrons. The molecule has 0 N–H and O–H groups in total. The summed E-state index contributed by atoms with van der Waals surface area (Å²) in [5, 5.41) is 0.740. The minimum absolute atomic E-state index is 0.104. The van der Waals surface area contributed by atoms with Crippen molar-refractivity contribution in [1.82, 2.24) is 19.4 Å². The Balaban J connectivity index is 1.60. The zero-order valence-corrected chi connectivity index (χ0v) is 18.0. The van der Waals surface area contributed by atoms with Crippen molar-refractivity contribution in [3.8, 4) is 0 Å². The van der Waals surface area contributed by atoms with Crippen LogP contribution in [0.15, 0.2) is 24.5 Å². The SMILES string of the molecule is Cc1ccc2sc(N(CCCN3CCOCC3)C(=O)c3nccn3C)nc2c1C. The number of hydrogen-bond acceptors (Lipinski definition) is 6. The fourth-order valence-corrected chi connectivity index (χ4v) is 4.63. The van der Waals surface area contributed by atoms with E-state index in [0.29, 0.717) is 12.4 Å². The van der Waals surface area contributed by atoms with E-state index in [-0.39, 0.29) is 5.91 Å². The third kappa shape index (κ3) is 4.19. The number of carbonyl (C=O) groups is 1. The van der Waals surface area contributed by atoms with Crippen LogP contribution in [0.1, 0.15) is 28.2 Å². The lowest BCUT2D eigenvalue weighted by Crippen LogP contribution is -2.39. The number of amides is 1. The normalized spacial score (nSPS) is 15.1. The summed E-state index contributed by atoms with van der Waals surface area (Å²) in [5.41, 5.74) is 3.36. The topological polar surface area (TPSA) is 63.5 Å². The van der Waals surface area contributed by atoms with Crippen molar-refractivity contribution in [3.63, 3.8) is 0 Å². The van der Waals surface area contributed by atoms with Crippen LogP contribution in [0.25, 0.3) is 10.2 Å². The van der Waals surface area contributed by atoms with Crippen molar-refractivity contribution >= 4 is 32.6 Å². The van der Waals surface area contributed by atoms with Crippen molar-refractivity contribution in [2.75, 3.05) is 44.3 Å². The van der Waals surface area contributed by atoms with E-state index in [2.05, 4.69) is 35.9 Å². The van der Waals surface area contributed by atoms with Crippen LogP contribution in [0.4, 0.5) is 5.13 Å². The first kappa shape index (κ1) is 20.0. The number of anilines is 1. The van der Waals surface area contributed by atoms with Crippen LogP contribution in [0.2, 0.25) is 0 Å². The van der Waals surface area contributed by atoms with Gasteiger partial charge in [0.15, 0.2) is 11.0 Å². The predicted molar refractivity (Wildman–Crippen MR) is 116 cm³/mol. The number of hydrogen-bond donors (Lipinski definition) is 0. The van der Waals surface area contributed by atoms with Gasteiger partial charge in [0.2, 0.25) is 0 Å². The highest BCUT2D eigenvalue weighted by molar-refractivity contribution is 7.22. The number of thiazole rings is 1. The first-order chi connectivity index (χ1) is 14.0. The monoisotopic (exact) mass is 413 g/mol. The Morgan fingerprint density at radius 2 is 2.07 bits per heavy atom. The molecule has 4 rings (SSSR count). The van der Waals surface area contributed by atoms with Crippen molar-refractivity contribution in [1.29, 1.82) is 0 Å². The molecule has 1 aromatic carbocycles. The number of aryl methyl sites for hydroxylation is 3. The van der Waals surface area contributed by atoms with Gasteiger partial charge in [-0.2, -0.15) is 0 Å². The second kappa shape index (κ2) is 8.61. The standard InChI is InChI=1S/C21H27N5O2S/c1-15-5-6-17-18(16(15)2)23-21(29-17)26(20(27)19-22-7-10-24(19)3)9-4-8-25-11-13-28-14-12-25/h5-7,10H,4,8-9,11-14H2,1-3H3. The van der Waals surface area contributed by atoms with Crippen molar-refractivity contribution in [2.24, 2.45) is 7.05 Å². The maximum absolute atomic E-state index is 13.3. The number of carbonyl (C=O) groups excluding carboxylic acids is 1. The Bertz CT molecular complexity index is 1010. The molecule has 1 aliphatic rings. The summed E-state index contributed by atoms with van der Waals surface area (Å²) in [6.45, 7) is 9.20. The van der Waals surface area contributed by atoms with Gasteiger partial charge < -0.3 is 9.30 Å². The number of aromatic nitrogens is 3. The first-order valence-electron chi connectivity index (χ1n) is 10.0. The molecule has 0 atom stereocenters. The Morgan fingerprint density at radius 3 is 2.79 bits per heavy atom. The van der Waals surface area contributed by atoms with E-state index >= 15 is 0 Å². The van der Waals surface area contributed by atoms with Gasteiger partial charge >= 0.3 is 0 Å². The van der Waals surface area contributed by atoms with Crippen molar-refractivity contribution < 1.29 is 9.53 Å². The Hall–Kier alpha value is -2.29. The molecular formula is C21H27N5O2S. The third-order valence-electron chi connectivity index (χ3n) is 5.52. The van der Waals surface area contributed by atoms with Gasteiger partial charge in [-0.25, -0.2) is 9.97 Å². The van der Waals surface area contributed by atoms with Crippen LogP contribution in [0, 0.1) is 13.8 Å². The number of fused-ring (bicyclic) bond motifs is 1. The summed E-state index contributed by atoms with van der Waals surface area (Å²) in [6, 6.07) is 4.21. The van der Waals surface area contributed by atoms with E-state index in [9.17, 15) is 4.79 Å². The molecule has 1 aliphatic heterocycles. The van der Waals surface area contributed by atoms with E-state index < -0.39 is 0 Å². The van der Waals surface area contributed by atoms with Gasteiger partial charge in [0, 0.05) is 45.6 Å². The Labute approximate surface area is 174 Å². The van der Waals surface area contributed by atoms with Gasteiger partial charge in [-0.3, -0.25) is 14.6 Å². The minimum atomic E-state index is -0.104. The van der Waals surface area contributed by atoms with Gasteiger partial charge in [0.25, 0.3) is 5.91 Å². The lowest BCUT2D eigenvalue weighted by molar-refractivity contribution is 0.0376. The van der Waals surface area contributed by atoms with Crippen LogP contribution in [0.5, 0.6) is 0 Å². The molecule has 1 fully saturated rings. The zero-order chi connectivity index (χ0) is 20.4. The van der Waals surface area contributed by atoms with Crippen molar-refractivity contribution in [2.45, 2.75) is 20.3 Å². The summed E-state index contributed by atoms with van der Waals surface area (Å²) in [5.74, 6) is 0.330. The number of imidazole rings is 1. The molecule has 0 radical (unpaired) electrons. The average Bonchev–Trinajstić information content (AvgIpc) is 3.35. The molecule has 1 amide bonds. The molecule has 1 saturated heterocycles. The number of ether oxygens (including phenoxy) is 1. The number of benzene rings is 1. The summed E-state index contributed by atoms with van der Waals surface area (Å²) < 4.78 is 8.30. The number of morpholine rings is 1.